The molecule has 1 amide bonds. The molecule has 0 spiro atoms. The van der Waals surface area contributed by atoms with Crippen LogP contribution in [0, 0.1) is 0 Å². The Morgan fingerprint density at radius 1 is 1.00 bits per heavy atom. The molecule has 186 valence electrons. The van der Waals surface area contributed by atoms with Gasteiger partial charge in [0.2, 0.25) is 5.88 Å². The van der Waals surface area contributed by atoms with E-state index in [-0.39, 0.29) is 23.4 Å². The maximum absolute atomic E-state index is 12.8. The molecule has 0 aliphatic heterocycles. The van der Waals surface area contributed by atoms with E-state index in [4.69, 9.17) is 14.1 Å². The van der Waals surface area contributed by atoms with Crippen LogP contribution >= 0.6 is 0 Å². The third-order valence-corrected chi connectivity index (χ3v) is 5.74. The highest BCUT2D eigenvalue weighted by molar-refractivity contribution is 6.22. The van der Waals surface area contributed by atoms with Crippen LogP contribution in [0.1, 0.15) is 32.0 Å². The summed E-state index contributed by atoms with van der Waals surface area (Å²) in [5.74, 6) is -0.440. The lowest BCUT2D eigenvalue weighted by Gasteiger charge is -2.18. The fourth-order valence-corrected chi connectivity index (χ4v) is 3.78. The number of aliphatic imine (C=N–C) groups is 1. The Morgan fingerprint density at radius 3 is 2.44 bits per heavy atom. The fourth-order valence-electron chi connectivity index (χ4n) is 3.78. The minimum Gasteiger partial charge on any atom is -0.494 e. The molecule has 0 unspecified atom stereocenters. The number of aromatic hydroxyl groups is 1. The first kappa shape index (κ1) is 24.7. The Labute approximate surface area is 208 Å². The van der Waals surface area contributed by atoms with Crippen molar-refractivity contribution < 1.29 is 23.8 Å². The van der Waals surface area contributed by atoms with Gasteiger partial charge < -0.3 is 29.0 Å². The van der Waals surface area contributed by atoms with Crippen molar-refractivity contribution >= 4 is 34.4 Å². The molecule has 0 radical (unpaired) electrons. The van der Waals surface area contributed by atoms with E-state index in [0.717, 1.165) is 12.1 Å². The molecule has 4 aromatic rings. The number of rotatable bonds is 8. The maximum Gasteiger partial charge on any atom is 0.337 e. The predicted octanol–water partition coefficient (Wildman–Crippen LogP) is 4.06. The summed E-state index contributed by atoms with van der Waals surface area (Å²) in [7, 11) is 6.92. The van der Waals surface area contributed by atoms with Crippen molar-refractivity contribution in [3.05, 3.63) is 83.1 Å². The first-order chi connectivity index (χ1) is 17.3. The molecule has 4 rings (SSSR count). The van der Waals surface area contributed by atoms with Gasteiger partial charge >= 0.3 is 5.97 Å². The maximum atomic E-state index is 12.8. The average molecular weight is 489 g/mol. The zero-order chi connectivity index (χ0) is 25.8. The number of carbonyl (C=O) groups excluding carboxylic acids is 2. The molecule has 2 aromatic carbocycles. The van der Waals surface area contributed by atoms with E-state index in [1.165, 1.54) is 7.11 Å². The van der Waals surface area contributed by atoms with E-state index < -0.39 is 5.97 Å². The number of benzene rings is 2. The minimum absolute atomic E-state index is 0.110. The van der Waals surface area contributed by atoms with Gasteiger partial charge in [0.05, 0.1) is 23.9 Å². The highest BCUT2D eigenvalue weighted by Crippen LogP contribution is 2.32. The number of nitrogens with zero attached hydrogens (tertiary/aromatic N) is 3. The number of esters is 1. The molecule has 0 saturated carbocycles. The van der Waals surface area contributed by atoms with Gasteiger partial charge in [0.15, 0.2) is 11.6 Å². The number of ether oxygens (including phenoxy) is 1. The summed E-state index contributed by atoms with van der Waals surface area (Å²) in [5, 5.41) is 11.5. The second kappa shape index (κ2) is 10.5. The summed E-state index contributed by atoms with van der Waals surface area (Å²) >= 11 is 0. The number of hydrogen-bond acceptors (Lipinski definition) is 7. The van der Waals surface area contributed by atoms with E-state index >= 15 is 0 Å². The summed E-state index contributed by atoms with van der Waals surface area (Å²) in [6.07, 6.45) is 0. The monoisotopic (exact) mass is 488 g/mol. The van der Waals surface area contributed by atoms with Gasteiger partial charge in [-0.15, -0.1) is 0 Å². The van der Waals surface area contributed by atoms with Gasteiger partial charge in [-0.1, -0.05) is 36.4 Å². The van der Waals surface area contributed by atoms with Crippen molar-refractivity contribution in [2.75, 3.05) is 41.3 Å². The number of amides is 1. The second-order valence-electron chi connectivity index (χ2n) is 8.59. The fraction of sp³-hybridized carbons (Fsp3) is 0.222. The molecule has 0 aliphatic rings. The lowest BCUT2D eigenvalue weighted by molar-refractivity contribution is 0.0600. The van der Waals surface area contributed by atoms with Crippen LogP contribution in [0.15, 0.2) is 70.1 Å². The zero-order valence-corrected chi connectivity index (χ0v) is 20.6. The van der Waals surface area contributed by atoms with Crippen LogP contribution in [0.2, 0.25) is 0 Å². The van der Waals surface area contributed by atoms with Crippen LogP contribution in [0.4, 0.5) is 5.88 Å². The van der Waals surface area contributed by atoms with Gasteiger partial charge in [0.1, 0.15) is 0 Å². The smallest absolute Gasteiger partial charge is 0.337 e. The van der Waals surface area contributed by atoms with Gasteiger partial charge in [0, 0.05) is 42.7 Å². The number of likely N-dealkylation sites (N-methyl/N-ethyl adjacent to an activating group) is 2. The number of H-pyrrole nitrogens is 1. The standard InChI is InChI=1S/C27H28N4O5/c1-30(2)14-15-31(3)26(33)21-12-13-22(36-21)29-24(17-8-6-5-7-9-17)23-19-11-10-18(27(34)35-4)16-20(19)28-25(23)32/h5-13,16,28,32H,14-15H2,1-4H3. The lowest BCUT2D eigenvalue weighted by Crippen LogP contribution is -2.33. The number of fused-ring (bicyclic) bond motifs is 1. The number of nitrogens with one attached hydrogen (secondary N) is 1. The van der Waals surface area contributed by atoms with E-state index in [1.54, 1.807) is 42.3 Å². The van der Waals surface area contributed by atoms with Crippen LogP contribution in [-0.4, -0.2) is 78.8 Å². The van der Waals surface area contributed by atoms with Crippen molar-refractivity contribution in [2.24, 2.45) is 4.99 Å². The van der Waals surface area contributed by atoms with Crippen molar-refractivity contribution in [1.29, 1.82) is 0 Å². The largest absolute Gasteiger partial charge is 0.494 e. The van der Waals surface area contributed by atoms with Gasteiger partial charge in [-0.05, 0) is 32.3 Å². The van der Waals surface area contributed by atoms with Crippen molar-refractivity contribution in [3.63, 3.8) is 0 Å². The lowest BCUT2D eigenvalue weighted by atomic mass is 10.0. The van der Waals surface area contributed by atoms with E-state index in [1.807, 2.05) is 49.3 Å². The molecule has 2 aromatic heterocycles. The second-order valence-corrected chi connectivity index (χ2v) is 8.59. The Bertz CT molecular complexity index is 1420. The summed E-state index contributed by atoms with van der Waals surface area (Å²) in [4.78, 5) is 35.9. The summed E-state index contributed by atoms with van der Waals surface area (Å²) in [6, 6.07) is 17.5. The highest BCUT2D eigenvalue weighted by atomic mass is 16.5. The van der Waals surface area contributed by atoms with Crippen LogP contribution in [0.25, 0.3) is 10.9 Å². The molecule has 0 fully saturated rings. The topological polar surface area (TPSA) is 111 Å². The number of methoxy groups -OCH3 is 1. The quantitative estimate of drug-likeness (QED) is 0.286. The number of aromatic nitrogens is 1. The number of aromatic amines is 1. The van der Waals surface area contributed by atoms with Crippen LogP contribution in [0.5, 0.6) is 5.88 Å². The summed E-state index contributed by atoms with van der Waals surface area (Å²) in [6.45, 7) is 1.28. The number of furan rings is 1. The Balaban J connectivity index is 1.76. The molecule has 0 bridgehead atoms. The molecule has 0 atom stereocenters. The molecule has 2 N–H and O–H groups in total. The SMILES string of the molecule is COC(=O)c1ccc2c(C(=Nc3ccc(C(=O)N(C)CCN(C)C)o3)c3ccccc3)c(O)[nH]c2c1. The Hall–Kier alpha value is -4.37. The highest BCUT2D eigenvalue weighted by Gasteiger charge is 2.21. The molecule has 9 nitrogen and oxygen atoms in total. The minimum atomic E-state index is -0.479. The van der Waals surface area contributed by atoms with Crippen LogP contribution in [-0.2, 0) is 4.74 Å². The number of carbonyl (C=O) groups is 2. The van der Waals surface area contributed by atoms with Gasteiger partial charge in [0.25, 0.3) is 5.91 Å². The van der Waals surface area contributed by atoms with Gasteiger partial charge in [-0.25, -0.2) is 9.79 Å². The molecule has 9 heteroatoms. The Morgan fingerprint density at radius 2 is 1.75 bits per heavy atom. The average Bonchev–Trinajstić information content (AvgIpc) is 3.48. The summed E-state index contributed by atoms with van der Waals surface area (Å²) < 4.78 is 10.6. The molecule has 0 aliphatic carbocycles. The normalized spacial score (nSPS) is 11.8. The van der Waals surface area contributed by atoms with Crippen LogP contribution in [0.3, 0.4) is 0 Å². The molecule has 2 heterocycles. The predicted molar refractivity (Wildman–Crippen MR) is 137 cm³/mol. The molecular formula is C27H28N4O5. The first-order valence-corrected chi connectivity index (χ1v) is 11.4. The molecule has 0 saturated heterocycles. The third-order valence-electron chi connectivity index (χ3n) is 5.74. The number of hydrogen-bond donors (Lipinski definition) is 2. The Kier molecular flexibility index (Phi) is 7.21. The van der Waals surface area contributed by atoms with E-state index in [9.17, 15) is 14.7 Å². The van der Waals surface area contributed by atoms with Gasteiger partial charge in [-0.2, -0.15) is 0 Å². The molecular weight excluding hydrogens is 460 g/mol. The molecule has 36 heavy (non-hydrogen) atoms. The van der Waals surface area contributed by atoms with Crippen molar-refractivity contribution in [2.45, 2.75) is 0 Å². The van der Waals surface area contributed by atoms with E-state index in [0.29, 0.717) is 34.3 Å². The van der Waals surface area contributed by atoms with E-state index in [2.05, 4.69) is 4.98 Å². The summed E-state index contributed by atoms with van der Waals surface area (Å²) in [5.41, 5.74) is 2.52. The van der Waals surface area contributed by atoms with Gasteiger partial charge in [-0.3, -0.25) is 4.79 Å². The zero-order valence-electron chi connectivity index (χ0n) is 20.6. The first-order valence-electron chi connectivity index (χ1n) is 11.4. The van der Waals surface area contributed by atoms with Crippen molar-refractivity contribution in [1.82, 2.24) is 14.8 Å². The third kappa shape index (κ3) is 5.16. The van der Waals surface area contributed by atoms with Crippen molar-refractivity contribution in [3.8, 4) is 5.88 Å². The van der Waals surface area contributed by atoms with Crippen LogP contribution < -0.4 is 0 Å².